The number of rotatable bonds is 2. The molecule has 12 heteroatoms. The Hall–Kier alpha value is -0.760. The van der Waals surface area contributed by atoms with Gasteiger partial charge in [-0.15, -0.1) is 0 Å². The molecule has 0 aliphatic carbocycles. The number of carbonyl (C=O) groups excluding carboxylic acids is 2. The van der Waals surface area contributed by atoms with Gasteiger partial charge in [0.25, 0.3) is 0 Å². The fourth-order valence-corrected chi connectivity index (χ4v) is 0. The molecule has 0 fully saturated rings. The molecule has 0 atom stereocenters. The van der Waals surface area contributed by atoms with Crippen LogP contribution in [0.1, 0.15) is 0 Å². The first kappa shape index (κ1) is 15.7. The number of carbonyl (C=O) groups is 2. The molecule has 0 aromatic rings. The van der Waals surface area contributed by atoms with Crippen molar-refractivity contribution in [3.63, 3.8) is 0 Å². The van der Waals surface area contributed by atoms with E-state index in [1.807, 2.05) is 0 Å². The molecule has 0 aromatic heterocycles. The number of hydrogen-bond donors (Lipinski definition) is 6. The van der Waals surface area contributed by atoms with Crippen molar-refractivity contribution in [2.75, 3.05) is 0 Å². The van der Waals surface area contributed by atoms with Crippen molar-refractivity contribution in [3.05, 3.63) is 0 Å². The molecule has 0 aliphatic heterocycles. The number of primary amides is 2. The lowest BCUT2D eigenvalue weighted by molar-refractivity contribution is 0.255. The van der Waals surface area contributed by atoms with E-state index in [-0.39, 0.29) is 0 Å². The van der Waals surface area contributed by atoms with Crippen LogP contribution in [0.2, 0.25) is 0 Å². The van der Waals surface area contributed by atoms with Gasteiger partial charge < -0.3 is 31.0 Å². The van der Waals surface area contributed by atoms with Crippen LogP contribution in [0.25, 0.3) is 0 Å². The van der Waals surface area contributed by atoms with Crippen molar-refractivity contribution < 1.29 is 38.3 Å². The maximum Gasteiger partial charge on any atom is 0.412 e. The first-order valence-corrected chi connectivity index (χ1v) is 5.82. The molecule has 14 heavy (non-hydrogen) atoms. The van der Waals surface area contributed by atoms with Crippen LogP contribution in [0.3, 0.4) is 0 Å². The molecular formula is C2H8N2O8P2. The Morgan fingerprint density at radius 1 is 0.786 bits per heavy atom. The minimum absolute atomic E-state index is 1.59. The van der Waals surface area contributed by atoms with Gasteiger partial charge in [0.2, 0.25) is 0 Å². The van der Waals surface area contributed by atoms with Gasteiger partial charge >= 0.3 is 26.5 Å². The minimum atomic E-state index is -4.60. The summed E-state index contributed by atoms with van der Waals surface area (Å²) in [6, 6.07) is 0. The molecule has 0 unspecified atom stereocenters. The van der Waals surface area contributed by atoms with E-state index in [2.05, 4.69) is 11.5 Å². The SMILES string of the molecule is NC(=O)P(=O)(O)O.NC(=O)P(=O)(O)O. The lowest BCUT2D eigenvalue weighted by Crippen LogP contribution is -2.07. The smallest absolute Gasteiger partial charge is 0.359 e. The van der Waals surface area contributed by atoms with E-state index in [4.69, 9.17) is 19.6 Å². The standard InChI is InChI=1S/2CH4NO4P/c2*2-1(3)7(4,5)6/h2*(H2,2,3)(H2,4,5,6). The molecule has 0 saturated heterocycles. The Labute approximate surface area is 77.2 Å². The van der Waals surface area contributed by atoms with Crippen LogP contribution >= 0.6 is 15.2 Å². The van der Waals surface area contributed by atoms with Gasteiger partial charge in [0.05, 0.1) is 0 Å². The Balaban J connectivity index is 0. The van der Waals surface area contributed by atoms with E-state index < -0.39 is 26.5 Å². The maximum absolute atomic E-state index is 9.55. The first-order chi connectivity index (χ1) is 5.89. The van der Waals surface area contributed by atoms with E-state index in [9.17, 15) is 18.7 Å². The van der Waals surface area contributed by atoms with Crippen LogP contribution < -0.4 is 11.5 Å². The first-order valence-electron chi connectivity index (χ1n) is 2.60. The van der Waals surface area contributed by atoms with Gasteiger partial charge in [0.1, 0.15) is 0 Å². The monoisotopic (exact) mass is 250 g/mol. The van der Waals surface area contributed by atoms with Crippen molar-refractivity contribution in [1.82, 2.24) is 0 Å². The predicted octanol–water partition coefficient (Wildman–Crippen LogP) is -1.51. The van der Waals surface area contributed by atoms with Crippen LogP contribution in [0.4, 0.5) is 9.59 Å². The summed E-state index contributed by atoms with van der Waals surface area (Å²) in [6.07, 6.45) is 0. The molecule has 0 saturated carbocycles. The molecule has 0 rings (SSSR count). The van der Waals surface area contributed by atoms with E-state index in [0.29, 0.717) is 0 Å². The zero-order valence-electron chi connectivity index (χ0n) is 6.47. The van der Waals surface area contributed by atoms with Gasteiger partial charge in [-0.3, -0.25) is 9.59 Å². The second-order valence-corrected chi connectivity index (χ2v) is 4.82. The van der Waals surface area contributed by atoms with Gasteiger partial charge in [-0.1, -0.05) is 0 Å². The number of nitrogens with two attached hydrogens (primary N) is 2. The largest absolute Gasteiger partial charge is 0.412 e. The molecule has 10 nitrogen and oxygen atoms in total. The summed E-state index contributed by atoms with van der Waals surface area (Å²) < 4.78 is 19.1. The molecule has 0 spiro atoms. The molecule has 0 aliphatic rings. The molecule has 84 valence electrons. The van der Waals surface area contributed by atoms with Gasteiger partial charge in [-0.25, -0.2) is 9.13 Å². The fraction of sp³-hybridized carbons (Fsp3) is 0. The highest BCUT2D eigenvalue weighted by atomic mass is 31.2. The lowest BCUT2D eigenvalue weighted by Gasteiger charge is -1.91. The van der Waals surface area contributed by atoms with Crippen molar-refractivity contribution in [1.29, 1.82) is 0 Å². The zero-order valence-corrected chi connectivity index (χ0v) is 8.26. The summed E-state index contributed by atoms with van der Waals surface area (Å²) in [7, 11) is -9.20. The van der Waals surface area contributed by atoms with Gasteiger partial charge in [0.15, 0.2) is 0 Å². The molecular weight excluding hydrogens is 242 g/mol. The second-order valence-electron chi connectivity index (χ2n) is 1.76. The predicted molar refractivity (Wildman–Crippen MR) is 43.3 cm³/mol. The van der Waals surface area contributed by atoms with Gasteiger partial charge in [-0.05, 0) is 0 Å². The van der Waals surface area contributed by atoms with Crippen molar-refractivity contribution in [2.24, 2.45) is 11.5 Å². The van der Waals surface area contributed by atoms with Crippen molar-refractivity contribution in [3.8, 4) is 0 Å². The normalized spacial score (nSPS) is 11.1. The highest BCUT2D eigenvalue weighted by Gasteiger charge is 2.21. The summed E-state index contributed by atoms with van der Waals surface area (Å²) in [5.41, 5.74) is 5.15. The van der Waals surface area contributed by atoms with Crippen molar-refractivity contribution >= 4 is 26.5 Å². The third-order valence-corrected chi connectivity index (χ3v) is 1.72. The summed E-state index contributed by atoms with van der Waals surface area (Å²) in [6.45, 7) is 0. The topological polar surface area (TPSA) is 201 Å². The fourth-order valence-electron chi connectivity index (χ4n) is 0. The van der Waals surface area contributed by atoms with E-state index in [0.717, 1.165) is 0 Å². The van der Waals surface area contributed by atoms with E-state index >= 15 is 0 Å². The molecule has 2 amide bonds. The third-order valence-electron chi connectivity index (χ3n) is 0.574. The van der Waals surface area contributed by atoms with Crippen LogP contribution in [-0.2, 0) is 9.13 Å². The van der Waals surface area contributed by atoms with Crippen LogP contribution in [-0.4, -0.2) is 30.9 Å². The highest BCUT2D eigenvalue weighted by Crippen LogP contribution is 2.33. The summed E-state index contributed by atoms with van der Waals surface area (Å²) in [4.78, 5) is 49.9. The molecule has 0 bridgehead atoms. The number of amides is 2. The maximum atomic E-state index is 9.55. The van der Waals surface area contributed by atoms with E-state index in [1.165, 1.54) is 0 Å². The second kappa shape index (κ2) is 5.20. The lowest BCUT2D eigenvalue weighted by atomic mass is 11.5. The third kappa shape index (κ3) is 9.33. The Morgan fingerprint density at radius 2 is 0.857 bits per heavy atom. The average Bonchev–Trinajstić information content (AvgIpc) is 1.83. The van der Waals surface area contributed by atoms with Gasteiger partial charge in [0, 0.05) is 0 Å². The highest BCUT2D eigenvalue weighted by molar-refractivity contribution is 7.70. The number of hydrogen-bond acceptors (Lipinski definition) is 4. The van der Waals surface area contributed by atoms with Gasteiger partial charge in [-0.2, -0.15) is 0 Å². The molecule has 0 heterocycles. The Bertz CT molecular complexity index is 279. The zero-order chi connectivity index (χ0) is 12.2. The molecule has 0 aromatic carbocycles. The summed E-state index contributed by atoms with van der Waals surface area (Å²) in [5.74, 6) is 0. The Morgan fingerprint density at radius 3 is 0.857 bits per heavy atom. The van der Waals surface area contributed by atoms with Crippen LogP contribution in [0, 0.1) is 0 Å². The Kier molecular flexibility index (Phi) is 5.83. The minimum Gasteiger partial charge on any atom is -0.359 e. The quantitative estimate of drug-likeness (QED) is 0.317. The van der Waals surface area contributed by atoms with E-state index in [1.54, 1.807) is 0 Å². The summed E-state index contributed by atoms with van der Waals surface area (Å²) >= 11 is 0. The van der Waals surface area contributed by atoms with Crippen LogP contribution in [0.15, 0.2) is 0 Å². The van der Waals surface area contributed by atoms with Crippen LogP contribution in [0.5, 0.6) is 0 Å². The molecule has 8 N–H and O–H groups in total. The molecule has 0 radical (unpaired) electrons. The summed E-state index contributed by atoms with van der Waals surface area (Å²) in [5, 5.41) is 0. The van der Waals surface area contributed by atoms with Crippen molar-refractivity contribution in [2.45, 2.75) is 0 Å². The average molecular weight is 250 g/mol.